The van der Waals surface area contributed by atoms with Gasteiger partial charge in [0.2, 0.25) is 0 Å². The minimum Gasteiger partial charge on any atom is -0.469 e. The number of nitrogens with two attached hydrogens (primary N) is 1. The summed E-state index contributed by atoms with van der Waals surface area (Å²) in [5, 5.41) is 0.465. The van der Waals surface area contributed by atoms with Gasteiger partial charge in [-0.1, -0.05) is 17.7 Å². The molecule has 148 valence electrons. The van der Waals surface area contributed by atoms with Gasteiger partial charge in [0.15, 0.2) is 11.6 Å². The number of aromatic nitrogens is 2. The molecule has 1 aliphatic rings. The lowest BCUT2D eigenvalue weighted by Crippen LogP contribution is -2.38. The number of anilines is 3. The highest BCUT2D eigenvalue weighted by Crippen LogP contribution is 2.29. The van der Waals surface area contributed by atoms with Crippen LogP contribution >= 0.6 is 11.6 Å². The maximum absolute atomic E-state index is 12.2. The van der Waals surface area contributed by atoms with Crippen LogP contribution in [0.15, 0.2) is 30.6 Å². The van der Waals surface area contributed by atoms with Gasteiger partial charge in [0.05, 0.1) is 13.0 Å². The molecule has 28 heavy (non-hydrogen) atoms. The number of piperidine rings is 1. The lowest BCUT2D eigenvalue weighted by atomic mass is 9.97. The number of methoxy groups -OCH3 is 1. The average Bonchev–Trinajstić information content (AvgIpc) is 2.72. The molecule has 0 radical (unpaired) electrons. The fourth-order valence-electron chi connectivity index (χ4n) is 3.05. The van der Waals surface area contributed by atoms with Crippen LogP contribution in [-0.4, -0.2) is 42.0 Å². The maximum atomic E-state index is 12.2. The second-order valence-electron chi connectivity index (χ2n) is 6.33. The van der Waals surface area contributed by atoms with Crippen molar-refractivity contribution >= 4 is 40.8 Å². The van der Waals surface area contributed by atoms with E-state index in [1.807, 2.05) is 4.90 Å². The highest BCUT2D eigenvalue weighted by atomic mass is 35.5. The van der Waals surface area contributed by atoms with E-state index >= 15 is 0 Å². The Bertz CT molecular complexity index is 870. The fraction of sp³-hybridized carbons (Fsp3) is 0.333. The molecular formula is C18H21ClN6O3. The SMILES string of the molecule is COC(=O)C1CCN(c2ncnc(NNC(=O)c3cccc(Cl)c3)c2N)CC1. The van der Waals surface area contributed by atoms with Crippen molar-refractivity contribution in [1.82, 2.24) is 15.4 Å². The van der Waals surface area contributed by atoms with Crippen LogP contribution in [0, 0.1) is 5.92 Å². The number of hydrogen-bond acceptors (Lipinski definition) is 8. The molecule has 1 saturated heterocycles. The largest absolute Gasteiger partial charge is 0.469 e. The number of ether oxygens (including phenoxy) is 1. The van der Waals surface area contributed by atoms with Gasteiger partial charge in [0, 0.05) is 23.7 Å². The quantitative estimate of drug-likeness (QED) is 0.509. The van der Waals surface area contributed by atoms with E-state index in [1.165, 1.54) is 13.4 Å². The first-order valence-corrected chi connectivity index (χ1v) is 9.12. The summed E-state index contributed by atoms with van der Waals surface area (Å²) < 4.78 is 4.81. The minimum absolute atomic E-state index is 0.112. The van der Waals surface area contributed by atoms with E-state index in [2.05, 4.69) is 20.8 Å². The summed E-state index contributed by atoms with van der Waals surface area (Å²) in [5.41, 5.74) is 12.2. The molecule has 10 heteroatoms. The van der Waals surface area contributed by atoms with E-state index in [9.17, 15) is 9.59 Å². The number of hydrazine groups is 1. The van der Waals surface area contributed by atoms with E-state index in [0.717, 1.165) is 0 Å². The Morgan fingerprint density at radius 3 is 2.71 bits per heavy atom. The molecule has 9 nitrogen and oxygen atoms in total. The molecule has 0 bridgehead atoms. The minimum atomic E-state index is -0.374. The maximum Gasteiger partial charge on any atom is 0.308 e. The van der Waals surface area contributed by atoms with Crippen LogP contribution in [0.5, 0.6) is 0 Å². The van der Waals surface area contributed by atoms with E-state index in [0.29, 0.717) is 48.0 Å². The third-order valence-electron chi connectivity index (χ3n) is 4.57. The first-order chi connectivity index (χ1) is 13.5. The first-order valence-electron chi connectivity index (χ1n) is 8.74. The zero-order valence-corrected chi connectivity index (χ0v) is 16.1. The van der Waals surface area contributed by atoms with Crippen LogP contribution in [-0.2, 0) is 9.53 Å². The zero-order chi connectivity index (χ0) is 20.1. The van der Waals surface area contributed by atoms with Crippen LogP contribution in [0.25, 0.3) is 0 Å². The summed E-state index contributed by atoms with van der Waals surface area (Å²) in [6.07, 6.45) is 2.68. The fourth-order valence-corrected chi connectivity index (χ4v) is 3.24. The number of halogens is 1. The second kappa shape index (κ2) is 8.75. The topological polar surface area (TPSA) is 122 Å². The van der Waals surface area contributed by atoms with Crippen molar-refractivity contribution in [3.8, 4) is 0 Å². The lowest BCUT2D eigenvalue weighted by molar-refractivity contribution is -0.146. The van der Waals surface area contributed by atoms with Gasteiger partial charge in [-0.2, -0.15) is 0 Å². The number of nitrogens with zero attached hydrogens (tertiary/aromatic N) is 3. The van der Waals surface area contributed by atoms with Crippen LogP contribution in [0.2, 0.25) is 5.02 Å². The van der Waals surface area contributed by atoms with Crippen molar-refractivity contribution in [3.63, 3.8) is 0 Å². The summed E-state index contributed by atoms with van der Waals surface area (Å²) >= 11 is 5.90. The number of esters is 1. The number of carbonyl (C=O) groups is 2. The molecule has 1 amide bonds. The van der Waals surface area contributed by atoms with Crippen molar-refractivity contribution in [3.05, 3.63) is 41.2 Å². The molecule has 0 unspecified atom stereocenters. The third kappa shape index (κ3) is 4.42. The third-order valence-corrected chi connectivity index (χ3v) is 4.81. The zero-order valence-electron chi connectivity index (χ0n) is 15.3. The van der Waals surface area contributed by atoms with Crippen LogP contribution in [0.1, 0.15) is 23.2 Å². The Labute approximate surface area is 167 Å². The van der Waals surface area contributed by atoms with Crippen LogP contribution in [0.3, 0.4) is 0 Å². The van der Waals surface area contributed by atoms with Gasteiger partial charge in [-0.3, -0.25) is 20.4 Å². The van der Waals surface area contributed by atoms with Crippen molar-refractivity contribution in [2.45, 2.75) is 12.8 Å². The summed E-state index contributed by atoms with van der Waals surface area (Å²) in [7, 11) is 1.40. The molecule has 0 aliphatic carbocycles. The van der Waals surface area contributed by atoms with Crippen molar-refractivity contribution in [2.24, 2.45) is 5.92 Å². The Hall–Kier alpha value is -3.07. The second-order valence-corrected chi connectivity index (χ2v) is 6.77. The number of carbonyl (C=O) groups excluding carboxylic acids is 2. The van der Waals surface area contributed by atoms with Crippen LogP contribution < -0.4 is 21.5 Å². The average molecular weight is 405 g/mol. The van der Waals surface area contributed by atoms with Gasteiger partial charge in [-0.05, 0) is 31.0 Å². The lowest BCUT2D eigenvalue weighted by Gasteiger charge is -2.32. The van der Waals surface area contributed by atoms with Gasteiger partial charge in [-0.25, -0.2) is 9.97 Å². The number of benzene rings is 1. The number of rotatable bonds is 5. The first kappa shape index (κ1) is 19.7. The molecule has 1 aliphatic heterocycles. The van der Waals surface area contributed by atoms with E-state index in [4.69, 9.17) is 22.1 Å². The standard InChI is InChI=1S/C18H21ClN6O3/c1-28-18(27)11-5-7-25(8-6-11)16-14(20)15(21-10-22-16)23-24-17(26)12-3-2-4-13(19)9-12/h2-4,9-11H,5-8,20H2,1H3,(H,24,26)(H,21,22,23). The van der Waals surface area contributed by atoms with Gasteiger partial charge >= 0.3 is 5.97 Å². The van der Waals surface area contributed by atoms with Gasteiger partial charge < -0.3 is 15.4 Å². The molecular weight excluding hydrogens is 384 g/mol. The molecule has 4 N–H and O–H groups in total. The predicted octanol–water partition coefficient (Wildman–Crippen LogP) is 1.86. The smallest absolute Gasteiger partial charge is 0.308 e. The molecule has 1 aromatic heterocycles. The molecule has 1 fully saturated rings. The van der Waals surface area contributed by atoms with Crippen molar-refractivity contribution < 1.29 is 14.3 Å². The Balaban J connectivity index is 1.65. The normalized spacial score (nSPS) is 14.4. The predicted molar refractivity (Wildman–Crippen MR) is 106 cm³/mol. The molecule has 2 heterocycles. The van der Waals surface area contributed by atoms with E-state index in [1.54, 1.807) is 24.3 Å². The Morgan fingerprint density at radius 2 is 2.04 bits per heavy atom. The number of nitrogen functional groups attached to an aromatic ring is 1. The molecule has 1 aromatic carbocycles. The van der Waals surface area contributed by atoms with Gasteiger partial charge in [-0.15, -0.1) is 0 Å². The Kier molecular flexibility index (Phi) is 6.15. The van der Waals surface area contributed by atoms with E-state index in [-0.39, 0.29) is 23.6 Å². The monoisotopic (exact) mass is 404 g/mol. The van der Waals surface area contributed by atoms with Gasteiger partial charge in [0.1, 0.15) is 12.0 Å². The molecule has 3 rings (SSSR count). The summed E-state index contributed by atoms with van der Waals surface area (Å²) in [6, 6.07) is 6.57. The molecule has 2 aromatic rings. The number of nitrogens with one attached hydrogen (secondary N) is 2. The van der Waals surface area contributed by atoms with Crippen molar-refractivity contribution in [2.75, 3.05) is 36.3 Å². The molecule has 0 saturated carbocycles. The summed E-state index contributed by atoms with van der Waals surface area (Å²) in [6.45, 7) is 1.24. The van der Waals surface area contributed by atoms with Crippen molar-refractivity contribution in [1.29, 1.82) is 0 Å². The van der Waals surface area contributed by atoms with Crippen LogP contribution in [0.4, 0.5) is 17.3 Å². The van der Waals surface area contributed by atoms with E-state index < -0.39 is 0 Å². The molecule has 0 spiro atoms. The number of hydrogen-bond donors (Lipinski definition) is 3. The summed E-state index contributed by atoms with van der Waals surface area (Å²) in [4.78, 5) is 34.2. The Morgan fingerprint density at radius 1 is 1.29 bits per heavy atom. The highest BCUT2D eigenvalue weighted by Gasteiger charge is 2.27. The highest BCUT2D eigenvalue weighted by molar-refractivity contribution is 6.30. The molecule has 0 atom stereocenters. The van der Waals surface area contributed by atoms with Gasteiger partial charge in [0.25, 0.3) is 5.91 Å². The summed E-state index contributed by atoms with van der Waals surface area (Å²) in [5.74, 6) is 0.162. The number of amides is 1.